The van der Waals surface area contributed by atoms with Crippen LogP contribution in [0.2, 0.25) is 0 Å². The van der Waals surface area contributed by atoms with E-state index in [1.54, 1.807) is 0 Å². The normalized spacial score (nSPS) is 23.1. The van der Waals surface area contributed by atoms with Crippen molar-refractivity contribution in [1.29, 1.82) is 0 Å². The number of halogens is 2. The van der Waals surface area contributed by atoms with Gasteiger partial charge in [-0.3, -0.25) is 0 Å². The Bertz CT molecular complexity index is 701. The van der Waals surface area contributed by atoms with Crippen LogP contribution in [0.25, 0.3) is 0 Å². The molecule has 1 fully saturated rings. The second-order valence-electron chi connectivity index (χ2n) is 7.58. The minimum atomic E-state index is -0.950. The molecule has 1 aromatic carbocycles. The molecule has 0 spiro atoms. The lowest BCUT2D eigenvalue weighted by atomic mass is 9.90. The van der Waals surface area contributed by atoms with Crippen LogP contribution in [0.1, 0.15) is 68.9 Å². The Kier molecular flexibility index (Phi) is 7.49. The Morgan fingerprint density at radius 2 is 1.75 bits per heavy atom. The summed E-state index contributed by atoms with van der Waals surface area (Å²) in [6.07, 6.45) is 6.90. The Morgan fingerprint density at radius 1 is 1.04 bits per heavy atom. The van der Waals surface area contributed by atoms with Crippen molar-refractivity contribution in [3.05, 3.63) is 58.6 Å². The van der Waals surface area contributed by atoms with E-state index in [9.17, 15) is 8.78 Å². The first-order valence-electron chi connectivity index (χ1n) is 10.3. The van der Waals surface area contributed by atoms with Crippen LogP contribution in [-0.2, 0) is 20.8 Å². The van der Waals surface area contributed by atoms with Gasteiger partial charge in [0, 0.05) is 18.8 Å². The Labute approximate surface area is 166 Å². The zero-order valence-electron chi connectivity index (χ0n) is 16.8. The first-order chi connectivity index (χ1) is 13.6. The van der Waals surface area contributed by atoms with Gasteiger partial charge in [0.25, 0.3) is 0 Å². The van der Waals surface area contributed by atoms with Gasteiger partial charge < -0.3 is 14.2 Å². The Hall–Kier alpha value is -1.88. The molecular formula is C23H30F2O3. The van der Waals surface area contributed by atoms with E-state index in [1.165, 1.54) is 25.5 Å². The number of methoxy groups -OCH3 is 1. The molecular weight excluding hydrogens is 362 g/mol. The van der Waals surface area contributed by atoms with Gasteiger partial charge in [-0.05, 0) is 30.4 Å². The molecule has 2 atom stereocenters. The van der Waals surface area contributed by atoms with Crippen LogP contribution in [0.3, 0.4) is 0 Å². The summed E-state index contributed by atoms with van der Waals surface area (Å²) in [6, 6.07) is 8.17. The van der Waals surface area contributed by atoms with Gasteiger partial charge in [0.15, 0.2) is 11.7 Å². The fourth-order valence-electron chi connectivity index (χ4n) is 3.80. The second-order valence-corrected chi connectivity index (χ2v) is 7.58. The van der Waals surface area contributed by atoms with Crippen molar-refractivity contribution in [2.45, 2.75) is 70.5 Å². The highest BCUT2D eigenvalue weighted by molar-refractivity contribution is 5.30. The minimum Gasteiger partial charge on any atom is -0.498 e. The summed E-state index contributed by atoms with van der Waals surface area (Å²) in [4.78, 5) is 0. The Balaban J connectivity index is 1.52. The number of unbranched alkanes of at least 4 members (excludes halogenated alkanes) is 1. The van der Waals surface area contributed by atoms with Crippen molar-refractivity contribution >= 4 is 0 Å². The highest BCUT2D eigenvalue weighted by atomic mass is 19.2. The summed E-state index contributed by atoms with van der Waals surface area (Å²) in [6.45, 7) is 3.20. The van der Waals surface area contributed by atoms with Crippen LogP contribution in [-0.4, -0.2) is 19.8 Å². The number of hydrogen-bond donors (Lipinski definition) is 0. The fourth-order valence-corrected chi connectivity index (χ4v) is 3.80. The summed E-state index contributed by atoms with van der Waals surface area (Å²) < 4.78 is 44.2. The molecule has 5 heteroatoms. The topological polar surface area (TPSA) is 27.7 Å². The molecule has 2 unspecified atom stereocenters. The average molecular weight is 392 g/mol. The molecule has 1 aliphatic carbocycles. The van der Waals surface area contributed by atoms with Gasteiger partial charge in [-0.15, -0.1) is 0 Å². The van der Waals surface area contributed by atoms with Crippen LogP contribution < -0.4 is 0 Å². The number of rotatable bonds is 8. The molecule has 1 heterocycles. The van der Waals surface area contributed by atoms with Crippen LogP contribution in [0, 0.1) is 0 Å². The van der Waals surface area contributed by atoms with Gasteiger partial charge in [0.1, 0.15) is 18.1 Å². The molecule has 1 aliphatic heterocycles. The maximum Gasteiger partial charge on any atom is 0.199 e. The zero-order valence-corrected chi connectivity index (χ0v) is 16.8. The number of ether oxygens (including phenoxy) is 3. The summed E-state index contributed by atoms with van der Waals surface area (Å²) >= 11 is 0. The second kappa shape index (κ2) is 10.1. The molecule has 1 aromatic rings. The highest BCUT2D eigenvalue weighted by Gasteiger charge is 2.25. The van der Waals surface area contributed by atoms with Gasteiger partial charge in [0.05, 0.1) is 19.8 Å². The predicted octanol–water partition coefficient (Wildman–Crippen LogP) is 6.46. The molecule has 0 radical (unpaired) electrons. The lowest BCUT2D eigenvalue weighted by Crippen LogP contribution is -2.24. The smallest absolute Gasteiger partial charge is 0.199 e. The van der Waals surface area contributed by atoms with Gasteiger partial charge >= 0.3 is 0 Å². The van der Waals surface area contributed by atoms with E-state index in [0.717, 1.165) is 31.4 Å². The lowest BCUT2D eigenvalue weighted by Gasteiger charge is -2.29. The van der Waals surface area contributed by atoms with Gasteiger partial charge in [-0.25, -0.2) is 0 Å². The molecule has 0 N–H and O–H groups in total. The van der Waals surface area contributed by atoms with Crippen LogP contribution >= 0.6 is 0 Å². The summed E-state index contributed by atoms with van der Waals surface area (Å²) in [5.41, 5.74) is 2.20. The number of allylic oxidation sites excluding steroid dienone is 4. The summed E-state index contributed by atoms with van der Waals surface area (Å²) in [5, 5.41) is 0. The molecule has 0 amide bonds. The largest absolute Gasteiger partial charge is 0.498 e. The fraction of sp³-hybridized carbons (Fsp3) is 0.565. The van der Waals surface area contributed by atoms with Crippen LogP contribution in [0.5, 0.6) is 0 Å². The van der Waals surface area contributed by atoms with Crippen LogP contribution in [0.4, 0.5) is 8.78 Å². The monoisotopic (exact) mass is 392 g/mol. The molecule has 28 heavy (non-hydrogen) atoms. The summed E-state index contributed by atoms with van der Waals surface area (Å²) in [7, 11) is 1.35. The quantitative estimate of drug-likeness (QED) is 0.508. The predicted molar refractivity (Wildman–Crippen MR) is 105 cm³/mol. The van der Waals surface area contributed by atoms with Crippen molar-refractivity contribution in [2.75, 3.05) is 13.7 Å². The maximum absolute atomic E-state index is 14.0. The average Bonchev–Trinajstić information content (AvgIpc) is 2.74. The van der Waals surface area contributed by atoms with E-state index in [4.69, 9.17) is 14.2 Å². The maximum atomic E-state index is 14.0. The molecule has 1 saturated heterocycles. The van der Waals surface area contributed by atoms with Crippen molar-refractivity contribution < 1.29 is 23.0 Å². The van der Waals surface area contributed by atoms with E-state index in [0.29, 0.717) is 24.9 Å². The third-order valence-corrected chi connectivity index (χ3v) is 5.62. The van der Waals surface area contributed by atoms with Gasteiger partial charge in [-0.1, -0.05) is 44.0 Å². The third-order valence-electron chi connectivity index (χ3n) is 5.62. The molecule has 3 rings (SSSR count). The SMILES string of the molecule is CCCCC1CCC(c2ccc(COC3=C(F)C(F)=C(OC)CC3)cc2)CO1. The molecule has 2 aliphatic rings. The van der Waals surface area contributed by atoms with Crippen molar-refractivity contribution in [3.63, 3.8) is 0 Å². The van der Waals surface area contributed by atoms with Gasteiger partial charge in [0.2, 0.25) is 0 Å². The highest BCUT2D eigenvalue weighted by Crippen LogP contribution is 2.34. The first-order valence-corrected chi connectivity index (χ1v) is 10.3. The lowest BCUT2D eigenvalue weighted by molar-refractivity contribution is -0.00189. The van der Waals surface area contributed by atoms with E-state index in [2.05, 4.69) is 19.1 Å². The molecule has 3 nitrogen and oxygen atoms in total. The molecule has 0 aromatic heterocycles. The van der Waals surface area contributed by atoms with Crippen molar-refractivity contribution in [3.8, 4) is 0 Å². The summed E-state index contributed by atoms with van der Waals surface area (Å²) in [5.74, 6) is -1.37. The Morgan fingerprint density at radius 3 is 2.39 bits per heavy atom. The number of hydrogen-bond acceptors (Lipinski definition) is 3. The van der Waals surface area contributed by atoms with E-state index >= 15 is 0 Å². The zero-order chi connectivity index (χ0) is 19.9. The molecule has 154 valence electrons. The van der Waals surface area contributed by atoms with Crippen molar-refractivity contribution in [1.82, 2.24) is 0 Å². The van der Waals surface area contributed by atoms with E-state index in [-0.39, 0.29) is 18.1 Å². The van der Waals surface area contributed by atoms with Gasteiger partial charge in [-0.2, -0.15) is 8.78 Å². The molecule has 0 bridgehead atoms. The van der Waals surface area contributed by atoms with Crippen LogP contribution in [0.15, 0.2) is 47.4 Å². The van der Waals surface area contributed by atoms with E-state index in [1.807, 2.05) is 12.1 Å². The number of benzene rings is 1. The standard InChI is InChI=1S/C23H30F2O3/c1-3-4-5-19-11-10-18(15-27-19)17-8-6-16(7-9-17)14-28-21-13-12-20(26-2)22(24)23(21)25/h6-9,18-19H,3-5,10-15H2,1-2H3. The van der Waals surface area contributed by atoms with E-state index < -0.39 is 11.7 Å². The minimum absolute atomic E-state index is 0.0424. The van der Waals surface area contributed by atoms with Crippen molar-refractivity contribution in [2.24, 2.45) is 0 Å². The first kappa shape index (κ1) is 20.8. The third kappa shape index (κ3) is 5.13. The molecule has 0 saturated carbocycles.